The molecule has 0 atom stereocenters. The summed E-state index contributed by atoms with van der Waals surface area (Å²) in [5.74, 6) is 0. The summed E-state index contributed by atoms with van der Waals surface area (Å²) >= 11 is 0. The fourth-order valence-electron chi connectivity index (χ4n) is 0.666. The molecule has 62 valence electrons. The molecule has 0 aromatic carbocycles. The minimum atomic E-state index is 1.08. The van der Waals surface area contributed by atoms with Crippen molar-refractivity contribution in [2.75, 3.05) is 13.1 Å². The highest BCUT2D eigenvalue weighted by atomic mass is 15.1. The van der Waals surface area contributed by atoms with Gasteiger partial charge in [0.25, 0.3) is 0 Å². The summed E-state index contributed by atoms with van der Waals surface area (Å²) in [7, 11) is 0. The Morgan fingerprint density at radius 3 is 1.90 bits per heavy atom. The standard InChI is InChI=1S/C7H15N.C2H6/c1-4-7-8(5-2)6-3;1-2/h5H,2,4,6-7H2,1,3H3;1-2H3. The van der Waals surface area contributed by atoms with Gasteiger partial charge in [-0.05, 0) is 19.5 Å². The second-order valence-corrected chi connectivity index (χ2v) is 1.81. The van der Waals surface area contributed by atoms with Gasteiger partial charge in [-0.3, -0.25) is 0 Å². The van der Waals surface area contributed by atoms with Crippen LogP contribution in [0.1, 0.15) is 34.1 Å². The highest BCUT2D eigenvalue weighted by Crippen LogP contribution is 1.88. The zero-order valence-corrected chi connectivity index (χ0v) is 7.85. The van der Waals surface area contributed by atoms with Crippen molar-refractivity contribution >= 4 is 0 Å². The summed E-state index contributed by atoms with van der Waals surface area (Å²) < 4.78 is 0. The molecular weight excluding hydrogens is 122 g/mol. The Kier molecular flexibility index (Phi) is 13.9. The van der Waals surface area contributed by atoms with Crippen LogP contribution in [0, 0.1) is 0 Å². The Labute approximate surface area is 65.7 Å². The first-order valence-corrected chi connectivity index (χ1v) is 4.21. The van der Waals surface area contributed by atoms with E-state index in [0.29, 0.717) is 0 Å². The molecule has 1 nitrogen and oxygen atoms in total. The average molecular weight is 143 g/mol. The van der Waals surface area contributed by atoms with Crippen molar-refractivity contribution < 1.29 is 0 Å². The third-order valence-electron chi connectivity index (χ3n) is 1.18. The molecule has 0 saturated carbocycles. The van der Waals surface area contributed by atoms with Gasteiger partial charge in [0.1, 0.15) is 0 Å². The van der Waals surface area contributed by atoms with Crippen LogP contribution in [0.15, 0.2) is 12.8 Å². The van der Waals surface area contributed by atoms with Crippen LogP contribution >= 0.6 is 0 Å². The molecule has 0 unspecified atom stereocenters. The molecule has 0 rings (SSSR count). The number of hydrogen-bond acceptors (Lipinski definition) is 1. The van der Waals surface area contributed by atoms with E-state index in [1.54, 1.807) is 0 Å². The summed E-state index contributed by atoms with van der Waals surface area (Å²) in [6.07, 6.45) is 3.10. The van der Waals surface area contributed by atoms with Crippen LogP contribution < -0.4 is 0 Å². The summed E-state index contributed by atoms with van der Waals surface area (Å²) in [6, 6.07) is 0. The Morgan fingerprint density at radius 1 is 1.30 bits per heavy atom. The maximum atomic E-state index is 3.68. The lowest BCUT2D eigenvalue weighted by Crippen LogP contribution is -2.16. The van der Waals surface area contributed by atoms with Crippen LogP contribution in [0.4, 0.5) is 0 Å². The Morgan fingerprint density at radius 2 is 1.80 bits per heavy atom. The van der Waals surface area contributed by atoms with Gasteiger partial charge in [0.15, 0.2) is 0 Å². The zero-order valence-electron chi connectivity index (χ0n) is 7.85. The van der Waals surface area contributed by atoms with Gasteiger partial charge >= 0.3 is 0 Å². The van der Waals surface area contributed by atoms with Gasteiger partial charge in [0, 0.05) is 13.1 Å². The van der Waals surface area contributed by atoms with E-state index in [1.165, 1.54) is 6.42 Å². The summed E-state index contributed by atoms with van der Waals surface area (Å²) in [5, 5.41) is 0. The molecule has 0 fully saturated rings. The smallest absolute Gasteiger partial charge is 0.0169 e. The molecule has 1 heteroatoms. The molecule has 10 heavy (non-hydrogen) atoms. The number of rotatable bonds is 4. The normalized spacial score (nSPS) is 7.60. The van der Waals surface area contributed by atoms with Gasteiger partial charge in [-0.25, -0.2) is 0 Å². The third-order valence-corrected chi connectivity index (χ3v) is 1.18. The molecule has 0 aliphatic carbocycles. The molecule has 0 aromatic heterocycles. The van der Waals surface area contributed by atoms with Crippen LogP contribution in [0.3, 0.4) is 0 Å². The monoisotopic (exact) mass is 143 g/mol. The zero-order chi connectivity index (χ0) is 8.41. The Bertz CT molecular complexity index is 59.7. The Hall–Kier alpha value is -0.460. The third kappa shape index (κ3) is 7.54. The van der Waals surface area contributed by atoms with Gasteiger partial charge in [-0.1, -0.05) is 27.4 Å². The molecule has 0 saturated heterocycles. The second kappa shape index (κ2) is 11.4. The van der Waals surface area contributed by atoms with Crippen molar-refractivity contribution in [2.24, 2.45) is 0 Å². The lowest BCUT2D eigenvalue weighted by molar-refractivity contribution is 0.397. The minimum absolute atomic E-state index is 1.08. The topological polar surface area (TPSA) is 3.24 Å². The SMILES string of the molecule is C=CN(CC)CCC.CC. The van der Waals surface area contributed by atoms with E-state index in [0.717, 1.165) is 13.1 Å². The van der Waals surface area contributed by atoms with E-state index in [9.17, 15) is 0 Å². The fourth-order valence-corrected chi connectivity index (χ4v) is 0.666. The number of nitrogens with zero attached hydrogens (tertiary/aromatic N) is 1. The van der Waals surface area contributed by atoms with Gasteiger partial charge in [0.2, 0.25) is 0 Å². The molecular formula is C9H21N. The quantitative estimate of drug-likeness (QED) is 0.585. The average Bonchev–Trinajstić information content (AvgIpc) is 2.04. The fraction of sp³-hybridized carbons (Fsp3) is 0.778. The van der Waals surface area contributed by atoms with E-state index in [-0.39, 0.29) is 0 Å². The van der Waals surface area contributed by atoms with E-state index >= 15 is 0 Å². The van der Waals surface area contributed by atoms with Crippen molar-refractivity contribution in [2.45, 2.75) is 34.1 Å². The van der Waals surface area contributed by atoms with Crippen LogP contribution in [-0.2, 0) is 0 Å². The van der Waals surface area contributed by atoms with E-state index in [1.807, 2.05) is 20.0 Å². The molecule has 0 amide bonds. The second-order valence-electron chi connectivity index (χ2n) is 1.81. The molecule has 0 N–H and O–H groups in total. The van der Waals surface area contributed by atoms with Crippen molar-refractivity contribution in [3.05, 3.63) is 12.8 Å². The predicted octanol–water partition coefficient (Wildman–Crippen LogP) is 2.89. The molecule has 0 radical (unpaired) electrons. The van der Waals surface area contributed by atoms with Crippen molar-refractivity contribution in [1.29, 1.82) is 0 Å². The highest BCUT2D eigenvalue weighted by Gasteiger charge is 1.87. The molecule has 0 bridgehead atoms. The molecule has 0 aliphatic rings. The summed E-state index contributed by atoms with van der Waals surface area (Å²) in [5.41, 5.74) is 0. The van der Waals surface area contributed by atoms with E-state index in [2.05, 4.69) is 25.3 Å². The highest BCUT2D eigenvalue weighted by molar-refractivity contribution is 4.67. The molecule has 0 aliphatic heterocycles. The first-order chi connectivity index (χ1) is 4.85. The van der Waals surface area contributed by atoms with Gasteiger partial charge in [-0.2, -0.15) is 0 Å². The Balaban J connectivity index is 0. The van der Waals surface area contributed by atoms with Crippen molar-refractivity contribution in [3.63, 3.8) is 0 Å². The van der Waals surface area contributed by atoms with Gasteiger partial charge < -0.3 is 4.90 Å². The molecule has 0 heterocycles. The van der Waals surface area contributed by atoms with E-state index < -0.39 is 0 Å². The lowest BCUT2D eigenvalue weighted by Gasteiger charge is -2.14. The minimum Gasteiger partial charge on any atom is -0.378 e. The maximum absolute atomic E-state index is 3.68. The molecule has 0 spiro atoms. The first kappa shape index (κ1) is 12.2. The first-order valence-electron chi connectivity index (χ1n) is 4.21. The lowest BCUT2D eigenvalue weighted by atomic mass is 10.4. The van der Waals surface area contributed by atoms with Crippen LogP contribution in [0.25, 0.3) is 0 Å². The van der Waals surface area contributed by atoms with Crippen molar-refractivity contribution in [3.8, 4) is 0 Å². The predicted molar refractivity (Wildman–Crippen MR) is 49.1 cm³/mol. The maximum Gasteiger partial charge on any atom is 0.0169 e. The van der Waals surface area contributed by atoms with Crippen LogP contribution in [0.2, 0.25) is 0 Å². The van der Waals surface area contributed by atoms with Crippen molar-refractivity contribution in [1.82, 2.24) is 4.90 Å². The molecule has 0 aromatic rings. The van der Waals surface area contributed by atoms with Gasteiger partial charge in [-0.15, -0.1) is 0 Å². The summed E-state index contributed by atoms with van der Waals surface area (Å²) in [4.78, 5) is 2.19. The van der Waals surface area contributed by atoms with Crippen LogP contribution in [0.5, 0.6) is 0 Å². The van der Waals surface area contributed by atoms with Gasteiger partial charge in [0.05, 0.1) is 0 Å². The largest absolute Gasteiger partial charge is 0.378 e. The number of hydrogen-bond donors (Lipinski definition) is 0. The van der Waals surface area contributed by atoms with Crippen LogP contribution in [-0.4, -0.2) is 18.0 Å². The van der Waals surface area contributed by atoms with E-state index in [4.69, 9.17) is 0 Å². The summed E-state index contributed by atoms with van der Waals surface area (Å²) in [6.45, 7) is 14.2.